The maximum Gasteiger partial charge on any atom is 0.343 e. The Bertz CT molecular complexity index is 117. The zero-order chi connectivity index (χ0) is 8.69. The fraction of sp³-hybridized carbons (Fsp3) is 0.800. The molecule has 11 heavy (non-hydrogen) atoms. The highest BCUT2D eigenvalue weighted by molar-refractivity contribution is 7.95. The molecular weight excluding hydrogens is 172 g/mol. The van der Waals surface area contributed by atoms with Gasteiger partial charge in [0.05, 0.1) is 30.5 Å². The number of hydrogen-bond acceptors (Lipinski definition) is 6. The molecule has 0 aliphatic rings. The molecule has 0 aromatic carbocycles. The van der Waals surface area contributed by atoms with E-state index < -0.39 is 18.7 Å². The first kappa shape index (κ1) is 10.7. The third-order valence-electron chi connectivity index (χ3n) is 0.752. The predicted molar refractivity (Wildman–Crippen MR) is 38.7 cm³/mol. The van der Waals surface area contributed by atoms with Gasteiger partial charge in [0.15, 0.2) is 0 Å². The van der Waals surface area contributed by atoms with Crippen LogP contribution in [0.4, 0.5) is 0 Å². The van der Waals surface area contributed by atoms with Crippen LogP contribution in [0.1, 0.15) is 0 Å². The molecular formula is C5H10O5S. The monoisotopic (exact) mass is 182 g/mol. The van der Waals surface area contributed by atoms with Gasteiger partial charge < -0.3 is 19.5 Å². The van der Waals surface area contributed by atoms with E-state index >= 15 is 0 Å². The first-order chi connectivity index (χ1) is 5.20. The molecule has 1 atom stereocenters. The number of carbonyl (C=O) groups is 1. The van der Waals surface area contributed by atoms with Crippen LogP contribution in [-0.2, 0) is 8.98 Å². The minimum Gasteiger partial charge on any atom is -0.394 e. The molecule has 0 radical (unpaired) electrons. The van der Waals surface area contributed by atoms with Crippen LogP contribution < -0.4 is 0 Å². The highest BCUT2D eigenvalue weighted by atomic mass is 32.2. The zero-order valence-corrected chi connectivity index (χ0v) is 6.58. The summed E-state index contributed by atoms with van der Waals surface area (Å²) in [6.07, 6.45) is -0.897. The van der Waals surface area contributed by atoms with E-state index in [2.05, 4.69) is 4.18 Å². The quantitative estimate of drug-likeness (QED) is 0.450. The first-order valence-corrected chi connectivity index (χ1v) is 3.83. The standard InChI is InChI=1S/C5H10O5S/c6-1-4(8)3-11-10-5(9)2-7/h4,6-8H,1-3H2. The van der Waals surface area contributed by atoms with Gasteiger partial charge >= 0.3 is 5.97 Å². The molecule has 0 fully saturated rings. The van der Waals surface area contributed by atoms with Gasteiger partial charge in [-0.3, -0.25) is 0 Å². The largest absolute Gasteiger partial charge is 0.394 e. The fourth-order valence-corrected chi connectivity index (χ4v) is 0.772. The lowest BCUT2D eigenvalue weighted by Gasteiger charge is -2.04. The van der Waals surface area contributed by atoms with Gasteiger partial charge in [0.2, 0.25) is 0 Å². The highest BCUT2D eigenvalue weighted by Crippen LogP contribution is 2.04. The Hall–Kier alpha value is -0.300. The molecule has 1 unspecified atom stereocenters. The second-order valence-corrected chi connectivity index (χ2v) is 2.47. The summed E-state index contributed by atoms with van der Waals surface area (Å²) in [4.78, 5) is 10.2. The van der Waals surface area contributed by atoms with E-state index in [1.807, 2.05) is 0 Å². The number of carbonyl (C=O) groups excluding carboxylic acids is 1. The van der Waals surface area contributed by atoms with Crippen LogP contribution >= 0.6 is 12.0 Å². The summed E-state index contributed by atoms with van der Waals surface area (Å²) in [5.74, 6) is -0.664. The van der Waals surface area contributed by atoms with Crippen molar-refractivity contribution in [2.45, 2.75) is 6.10 Å². The van der Waals surface area contributed by atoms with Gasteiger partial charge in [0.25, 0.3) is 0 Å². The highest BCUT2D eigenvalue weighted by Gasteiger charge is 2.05. The lowest BCUT2D eigenvalue weighted by molar-refractivity contribution is -0.136. The van der Waals surface area contributed by atoms with Crippen LogP contribution in [-0.4, -0.2) is 46.4 Å². The van der Waals surface area contributed by atoms with E-state index in [-0.39, 0.29) is 12.4 Å². The maximum atomic E-state index is 10.2. The number of aliphatic hydroxyl groups excluding tert-OH is 3. The van der Waals surface area contributed by atoms with Crippen LogP contribution in [0.2, 0.25) is 0 Å². The summed E-state index contributed by atoms with van der Waals surface area (Å²) in [6, 6.07) is 0. The zero-order valence-electron chi connectivity index (χ0n) is 5.77. The maximum absolute atomic E-state index is 10.2. The van der Waals surface area contributed by atoms with Crippen molar-refractivity contribution in [3.8, 4) is 0 Å². The Balaban J connectivity index is 3.20. The summed E-state index contributed by atoms with van der Waals surface area (Å²) in [7, 11) is 0. The Morgan fingerprint density at radius 2 is 2.18 bits per heavy atom. The van der Waals surface area contributed by atoms with E-state index in [1.165, 1.54) is 0 Å². The third-order valence-corrected chi connectivity index (χ3v) is 1.58. The lowest BCUT2D eigenvalue weighted by atomic mass is 10.4. The molecule has 0 spiro atoms. The summed E-state index contributed by atoms with van der Waals surface area (Å²) < 4.78 is 4.32. The molecule has 0 amide bonds. The SMILES string of the molecule is O=C(CO)OSCC(O)CO. The fourth-order valence-electron chi connectivity index (χ4n) is 0.257. The Morgan fingerprint density at radius 1 is 1.55 bits per heavy atom. The average Bonchev–Trinajstić information content (AvgIpc) is 2.04. The van der Waals surface area contributed by atoms with E-state index in [4.69, 9.17) is 15.3 Å². The van der Waals surface area contributed by atoms with Crippen LogP contribution in [0.25, 0.3) is 0 Å². The van der Waals surface area contributed by atoms with Crippen molar-refractivity contribution in [1.82, 2.24) is 0 Å². The van der Waals surface area contributed by atoms with Gasteiger partial charge in [0, 0.05) is 0 Å². The molecule has 5 nitrogen and oxygen atoms in total. The van der Waals surface area contributed by atoms with Crippen molar-refractivity contribution in [2.24, 2.45) is 0 Å². The number of aliphatic hydroxyl groups is 3. The van der Waals surface area contributed by atoms with Gasteiger partial charge in [-0.25, -0.2) is 4.79 Å². The van der Waals surface area contributed by atoms with Crippen LogP contribution in [0.5, 0.6) is 0 Å². The average molecular weight is 182 g/mol. The van der Waals surface area contributed by atoms with Crippen molar-refractivity contribution < 1.29 is 24.3 Å². The van der Waals surface area contributed by atoms with Gasteiger partial charge in [0.1, 0.15) is 6.61 Å². The van der Waals surface area contributed by atoms with E-state index in [0.29, 0.717) is 12.0 Å². The van der Waals surface area contributed by atoms with Crippen molar-refractivity contribution >= 4 is 18.0 Å². The Kier molecular flexibility index (Phi) is 6.24. The smallest absolute Gasteiger partial charge is 0.343 e. The van der Waals surface area contributed by atoms with E-state index in [0.717, 1.165) is 0 Å². The van der Waals surface area contributed by atoms with Crippen molar-refractivity contribution in [3.05, 3.63) is 0 Å². The van der Waals surface area contributed by atoms with Crippen molar-refractivity contribution in [2.75, 3.05) is 19.0 Å². The Morgan fingerprint density at radius 3 is 2.64 bits per heavy atom. The summed E-state index contributed by atoms with van der Waals surface area (Å²) in [5.41, 5.74) is 0. The second kappa shape index (κ2) is 6.41. The van der Waals surface area contributed by atoms with Crippen molar-refractivity contribution in [1.29, 1.82) is 0 Å². The first-order valence-electron chi connectivity index (χ1n) is 2.92. The molecule has 6 heteroatoms. The Labute approximate surface area is 68.2 Å². The molecule has 0 saturated carbocycles. The molecule has 0 saturated heterocycles. The molecule has 3 N–H and O–H groups in total. The van der Waals surface area contributed by atoms with Gasteiger partial charge in [-0.1, -0.05) is 0 Å². The third kappa shape index (κ3) is 6.11. The number of rotatable bonds is 5. The molecule has 0 aromatic rings. The van der Waals surface area contributed by atoms with Gasteiger partial charge in [-0.05, 0) is 0 Å². The van der Waals surface area contributed by atoms with Crippen molar-refractivity contribution in [3.63, 3.8) is 0 Å². The van der Waals surface area contributed by atoms with Gasteiger partial charge in [-0.15, -0.1) is 0 Å². The van der Waals surface area contributed by atoms with Crippen LogP contribution in [0, 0.1) is 0 Å². The van der Waals surface area contributed by atoms with Crippen LogP contribution in [0.15, 0.2) is 0 Å². The molecule has 66 valence electrons. The van der Waals surface area contributed by atoms with E-state index in [1.54, 1.807) is 0 Å². The van der Waals surface area contributed by atoms with Gasteiger partial charge in [-0.2, -0.15) is 0 Å². The normalized spacial score (nSPS) is 12.6. The molecule has 0 aliphatic carbocycles. The molecule has 0 aliphatic heterocycles. The minimum atomic E-state index is -0.897. The molecule has 0 aromatic heterocycles. The second-order valence-electron chi connectivity index (χ2n) is 1.73. The predicted octanol–water partition coefficient (Wildman–Crippen LogP) is -1.48. The lowest BCUT2D eigenvalue weighted by Crippen LogP contribution is -2.16. The molecule has 0 heterocycles. The summed E-state index contributed by atoms with van der Waals surface area (Å²) in [5, 5.41) is 25.2. The molecule has 0 rings (SSSR count). The summed E-state index contributed by atoms with van der Waals surface area (Å²) >= 11 is 0.699. The molecule has 0 bridgehead atoms. The van der Waals surface area contributed by atoms with E-state index in [9.17, 15) is 4.79 Å². The summed E-state index contributed by atoms with van der Waals surface area (Å²) in [6.45, 7) is -1.05. The number of hydrogen-bond donors (Lipinski definition) is 3. The topological polar surface area (TPSA) is 87.0 Å². The van der Waals surface area contributed by atoms with Crippen LogP contribution in [0.3, 0.4) is 0 Å². The minimum absolute atomic E-state index is 0.0994.